The van der Waals surface area contributed by atoms with Gasteiger partial charge in [-0.15, -0.1) is 10.2 Å². The molecule has 2 aliphatic rings. The van der Waals surface area contributed by atoms with Gasteiger partial charge in [-0.2, -0.15) is 0 Å². The number of hydrogen-bond donors (Lipinski definition) is 1. The van der Waals surface area contributed by atoms with Crippen LogP contribution in [0.1, 0.15) is 30.2 Å². The first-order chi connectivity index (χ1) is 6.33. The molecule has 2 bridgehead atoms. The van der Waals surface area contributed by atoms with Gasteiger partial charge in [-0.05, 0) is 19.3 Å². The Hall–Kier alpha value is -0.680. The summed E-state index contributed by atoms with van der Waals surface area (Å²) in [5, 5.41) is 9.54. The lowest BCUT2D eigenvalue weighted by atomic mass is 9.90. The van der Waals surface area contributed by atoms with E-state index in [9.17, 15) is 0 Å². The van der Waals surface area contributed by atoms with Gasteiger partial charge in [0.2, 0.25) is 5.13 Å². The lowest BCUT2D eigenvalue weighted by Gasteiger charge is -2.14. The number of nitrogens with zero attached hydrogens (tertiary/aromatic N) is 2. The second-order valence-corrected chi connectivity index (χ2v) is 4.74. The molecule has 2 saturated heterocycles. The average Bonchev–Trinajstić information content (AvgIpc) is 2.77. The fourth-order valence-electron chi connectivity index (χ4n) is 2.29. The minimum absolute atomic E-state index is 0.386. The van der Waals surface area contributed by atoms with Crippen LogP contribution in [0.15, 0.2) is 0 Å². The molecule has 13 heavy (non-hydrogen) atoms. The Balaban J connectivity index is 1.87. The second kappa shape index (κ2) is 2.65. The van der Waals surface area contributed by atoms with Gasteiger partial charge in [0.05, 0.1) is 12.2 Å². The van der Waals surface area contributed by atoms with E-state index in [0.717, 1.165) is 11.4 Å². The van der Waals surface area contributed by atoms with Crippen molar-refractivity contribution in [2.45, 2.75) is 37.4 Å². The van der Waals surface area contributed by atoms with Crippen LogP contribution in [0.25, 0.3) is 0 Å². The molecule has 0 aliphatic carbocycles. The normalized spacial score (nSPS) is 37.1. The minimum Gasteiger partial charge on any atom is -0.374 e. The summed E-state index contributed by atoms with van der Waals surface area (Å²) in [6.45, 7) is 0. The maximum Gasteiger partial charge on any atom is 0.203 e. The van der Waals surface area contributed by atoms with E-state index in [1.54, 1.807) is 0 Å². The third-order valence-corrected chi connectivity index (χ3v) is 3.76. The molecule has 2 N–H and O–H groups in total. The maximum absolute atomic E-state index is 5.75. The lowest BCUT2D eigenvalue weighted by molar-refractivity contribution is 0.100. The van der Waals surface area contributed by atoms with Crippen molar-refractivity contribution in [1.82, 2.24) is 10.2 Å². The van der Waals surface area contributed by atoms with Crippen LogP contribution >= 0.6 is 11.3 Å². The Kier molecular flexibility index (Phi) is 1.57. The van der Waals surface area contributed by atoms with Crippen LogP contribution in [0, 0.1) is 0 Å². The zero-order chi connectivity index (χ0) is 8.84. The van der Waals surface area contributed by atoms with Crippen molar-refractivity contribution in [1.29, 1.82) is 0 Å². The topological polar surface area (TPSA) is 61.0 Å². The summed E-state index contributed by atoms with van der Waals surface area (Å²) < 4.78 is 5.75. The molecule has 2 aliphatic heterocycles. The molecular weight excluding hydrogens is 186 g/mol. The van der Waals surface area contributed by atoms with Crippen molar-refractivity contribution < 1.29 is 4.74 Å². The Bertz CT molecular complexity index is 327. The second-order valence-electron chi connectivity index (χ2n) is 3.69. The summed E-state index contributed by atoms with van der Waals surface area (Å²) in [7, 11) is 0. The van der Waals surface area contributed by atoms with Gasteiger partial charge in [0.15, 0.2) is 0 Å². The first kappa shape index (κ1) is 7.70. The molecule has 2 fully saturated rings. The summed E-state index contributed by atoms with van der Waals surface area (Å²) in [6, 6.07) is 0. The summed E-state index contributed by atoms with van der Waals surface area (Å²) >= 11 is 1.50. The van der Waals surface area contributed by atoms with Crippen LogP contribution in [0.5, 0.6) is 0 Å². The molecule has 0 amide bonds. The number of nitrogen functional groups attached to an aromatic ring is 1. The molecular formula is C8H11N3OS. The number of hydrogen-bond acceptors (Lipinski definition) is 5. The van der Waals surface area contributed by atoms with Crippen LogP contribution in [-0.4, -0.2) is 22.4 Å². The third-order valence-electron chi connectivity index (χ3n) is 2.88. The van der Waals surface area contributed by atoms with Gasteiger partial charge in [0.1, 0.15) is 5.01 Å². The first-order valence-electron chi connectivity index (χ1n) is 4.57. The highest BCUT2D eigenvalue weighted by Gasteiger charge is 2.42. The van der Waals surface area contributed by atoms with Gasteiger partial charge >= 0.3 is 0 Å². The van der Waals surface area contributed by atoms with Gasteiger partial charge < -0.3 is 10.5 Å². The summed E-state index contributed by atoms with van der Waals surface area (Å²) in [6.07, 6.45) is 4.36. The smallest absolute Gasteiger partial charge is 0.203 e. The summed E-state index contributed by atoms with van der Waals surface area (Å²) in [5.74, 6) is 0.466. The molecule has 1 aromatic rings. The Morgan fingerprint density at radius 3 is 2.85 bits per heavy atom. The predicted molar refractivity (Wildman–Crippen MR) is 49.6 cm³/mol. The number of rotatable bonds is 1. The fourth-order valence-corrected chi connectivity index (χ4v) is 3.07. The van der Waals surface area contributed by atoms with E-state index in [-0.39, 0.29) is 0 Å². The highest BCUT2D eigenvalue weighted by Crippen LogP contribution is 2.45. The van der Waals surface area contributed by atoms with Gasteiger partial charge in [-0.25, -0.2) is 0 Å². The van der Waals surface area contributed by atoms with Crippen molar-refractivity contribution in [2.75, 3.05) is 5.73 Å². The van der Waals surface area contributed by atoms with Crippen molar-refractivity contribution in [3.05, 3.63) is 5.01 Å². The number of aromatic nitrogens is 2. The summed E-state index contributed by atoms with van der Waals surface area (Å²) in [5.41, 5.74) is 5.55. The Labute approximate surface area is 80.1 Å². The number of nitrogens with two attached hydrogens (primary N) is 1. The highest BCUT2D eigenvalue weighted by molar-refractivity contribution is 7.15. The van der Waals surface area contributed by atoms with Gasteiger partial charge in [0.25, 0.3) is 0 Å². The monoisotopic (exact) mass is 197 g/mol. The molecule has 3 unspecified atom stereocenters. The summed E-state index contributed by atoms with van der Waals surface area (Å²) in [4.78, 5) is 0. The van der Waals surface area contributed by atoms with E-state index in [1.165, 1.54) is 24.2 Å². The van der Waals surface area contributed by atoms with Crippen LogP contribution in [-0.2, 0) is 4.74 Å². The Morgan fingerprint density at radius 2 is 2.31 bits per heavy atom. The zero-order valence-corrected chi connectivity index (χ0v) is 7.96. The van der Waals surface area contributed by atoms with Gasteiger partial charge in [0, 0.05) is 5.92 Å². The van der Waals surface area contributed by atoms with Crippen molar-refractivity contribution in [2.24, 2.45) is 0 Å². The van der Waals surface area contributed by atoms with Crippen LogP contribution in [0.2, 0.25) is 0 Å². The first-order valence-corrected chi connectivity index (χ1v) is 5.39. The maximum atomic E-state index is 5.75. The molecule has 0 saturated carbocycles. The molecule has 5 heteroatoms. The van der Waals surface area contributed by atoms with E-state index in [4.69, 9.17) is 10.5 Å². The highest BCUT2D eigenvalue weighted by atomic mass is 32.1. The quantitative estimate of drug-likeness (QED) is 0.733. The third kappa shape index (κ3) is 1.14. The number of fused-ring (bicyclic) bond motifs is 2. The number of ether oxygens (including phenoxy) is 1. The largest absolute Gasteiger partial charge is 0.374 e. The van der Waals surface area contributed by atoms with E-state index in [0.29, 0.717) is 23.3 Å². The average molecular weight is 197 g/mol. The Morgan fingerprint density at radius 1 is 1.38 bits per heavy atom. The molecule has 0 spiro atoms. The molecule has 1 aromatic heterocycles. The van der Waals surface area contributed by atoms with E-state index < -0.39 is 0 Å². The van der Waals surface area contributed by atoms with Crippen molar-refractivity contribution in [3.63, 3.8) is 0 Å². The van der Waals surface area contributed by atoms with Crippen molar-refractivity contribution >= 4 is 16.5 Å². The van der Waals surface area contributed by atoms with E-state index >= 15 is 0 Å². The minimum atomic E-state index is 0.386. The lowest BCUT2D eigenvalue weighted by Crippen LogP contribution is -2.13. The van der Waals surface area contributed by atoms with Crippen LogP contribution in [0.4, 0.5) is 5.13 Å². The van der Waals surface area contributed by atoms with Crippen molar-refractivity contribution in [3.8, 4) is 0 Å². The standard InChI is InChI=1S/C8H11N3OS/c9-8-11-10-7(13-8)5-3-4-1-2-6(5)12-4/h4-6H,1-3H2,(H2,9,11). The SMILES string of the molecule is Nc1nnc(C2CC3CCC2O3)s1. The van der Waals surface area contributed by atoms with Crippen LogP contribution < -0.4 is 5.73 Å². The molecule has 3 heterocycles. The van der Waals surface area contributed by atoms with E-state index in [1.807, 2.05) is 0 Å². The molecule has 4 nitrogen and oxygen atoms in total. The molecule has 3 rings (SSSR count). The molecule has 0 aromatic carbocycles. The number of anilines is 1. The molecule has 70 valence electrons. The zero-order valence-electron chi connectivity index (χ0n) is 7.14. The molecule has 3 atom stereocenters. The van der Waals surface area contributed by atoms with Gasteiger partial charge in [-0.3, -0.25) is 0 Å². The molecule has 0 radical (unpaired) electrons. The predicted octanol–water partition coefficient (Wildman–Crippen LogP) is 1.16. The van der Waals surface area contributed by atoms with E-state index in [2.05, 4.69) is 10.2 Å². The van der Waals surface area contributed by atoms with Crippen LogP contribution in [0.3, 0.4) is 0 Å². The van der Waals surface area contributed by atoms with Gasteiger partial charge in [-0.1, -0.05) is 11.3 Å². The fraction of sp³-hybridized carbons (Fsp3) is 0.750.